The largest absolute Gasteiger partial charge is 0.478 e. The molecular weight excluding hydrogens is 278 g/mol. The summed E-state index contributed by atoms with van der Waals surface area (Å²) in [5.74, 6) is -1.93. The topological polar surface area (TPSA) is 122 Å². The number of non-ortho nitro benzene ring substituents is 1. The number of carboxylic acid groups (broad SMARTS) is 1. The van der Waals surface area contributed by atoms with E-state index in [1.54, 1.807) is 6.07 Å². The van der Waals surface area contributed by atoms with Gasteiger partial charge in [0.15, 0.2) is 0 Å². The Morgan fingerprint density at radius 1 is 1.29 bits per heavy atom. The van der Waals surface area contributed by atoms with Crippen molar-refractivity contribution in [2.45, 2.75) is 0 Å². The molecule has 1 aromatic heterocycles. The number of nitro groups is 1. The Kier molecular flexibility index (Phi) is 3.89. The fraction of sp³-hybridized carbons (Fsp3) is 0. The van der Waals surface area contributed by atoms with E-state index in [4.69, 9.17) is 5.11 Å². The first-order valence-electron chi connectivity index (χ1n) is 5.72. The highest BCUT2D eigenvalue weighted by molar-refractivity contribution is 6.07. The maximum atomic E-state index is 11.9. The number of carbonyl (C=O) groups is 2. The fourth-order valence-electron chi connectivity index (χ4n) is 1.62. The van der Waals surface area contributed by atoms with Crippen LogP contribution in [0.25, 0.3) is 0 Å². The van der Waals surface area contributed by atoms with Crippen LogP contribution in [0.15, 0.2) is 42.7 Å². The van der Waals surface area contributed by atoms with Crippen molar-refractivity contribution in [2.75, 3.05) is 5.32 Å². The van der Waals surface area contributed by atoms with Gasteiger partial charge in [-0.25, -0.2) is 4.79 Å². The molecule has 0 unspecified atom stereocenters. The number of amides is 1. The van der Waals surface area contributed by atoms with Crippen LogP contribution < -0.4 is 5.32 Å². The van der Waals surface area contributed by atoms with Gasteiger partial charge < -0.3 is 10.4 Å². The van der Waals surface area contributed by atoms with Crippen LogP contribution in [0.5, 0.6) is 0 Å². The highest BCUT2D eigenvalue weighted by Crippen LogP contribution is 2.22. The van der Waals surface area contributed by atoms with E-state index >= 15 is 0 Å². The standard InChI is InChI=1S/C13H9N3O5/c17-12(8-2-1-5-14-7-8)15-11-4-3-9(16(20)21)6-10(11)13(18)19/h1-7H,(H,15,17)(H,18,19). The summed E-state index contributed by atoms with van der Waals surface area (Å²) < 4.78 is 0. The van der Waals surface area contributed by atoms with E-state index in [0.717, 1.165) is 12.1 Å². The van der Waals surface area contributed by atoms with Gasteiger partial charge >= 0.3 is 5.97 Å². The summed E-state index contributed by atoms with van der Waals surface area (Å²) in [5, 5.41) is 22.1. The number of aromatic nitrogens is 1. The van der Waals surface area contributed by atoms with Crippen molar-refractivity contribution in [1.29, 1.82) is 0 Å². The molecule has 8 nitrogen and oxygen atoms in total. The SMILES string of the molecule is O=C(Nc1ccc([N+](=O)[O-])cc1C(=O)O)c1cccnc1. The highest BCUT2D eigenvalue weighted by Gasteiger charge is 2.18. The van der Waals surface area contributed by atoms with E-state index < -0.39 is 16.8 Å². The van der Waals surface area contributed by atoms with Gasteiger partial charge in [-0.05, 0) is 18.2 Å². The van der Waals surface area contributed by atoms with Crippen molar-refractivity contribution < 1.29 is 19.6 Å². The third-order valence-corrected chi connectivity index (χ3v) is 2.62. The van der Waals surface area contributed by atoms with Crippen LogP contribution in [0.2, 0.25) is 0 Å². The van der Waals surface area contributed by atoms with E-state index in [0.29, 0.717) is 0 Å². The van der Waals surface area contributed by atoms with E-state index in [-0.39, 0.29) is 22.5 Å². The summed E-state index contributed by atoms with van der Waals surface area (Å²) in [4.78, 5) is 36.8. The second-order valence-corrected chi connectivity index (χ2v) is 3.99. The minimum absolute atomic E-state index is 0.0260. The maximum Gasteiger partial charge on any atom is 0.338 e. The molecule has 0 atom stereocenters. The fourth-order valence-corrected chi connectivity index (χ4v) is 1.62. The highest BCUT2D eigenvalue weighted by atomic mass is 16.6. The number of nitrogens with one attached hydrogen (secondary N) is 1. The van der Waals surface area contributed by atoms with Crippen LogP contribution in [0.3, 0.4) is 0 Å². The number of rotatable bonds is 4. The first-order valence-corrected chi connectivity index (χ1v) is 5.72. The van der Waals surface area contributed by atoms with Crippen LogP contribution >= 0.6 is 0 Å². The summed E-state index contributed by atoms with van der Waals surface area (Å²) in [5.41, 5.74) is -0.512. The van der Waals surface area contributed by atoms with Crippen LogP contribution in [0.1, 0.15) is 20.7 Å². The molecule has 2 aromatic rings. The lowest BCUT2D eigenvalue weighted by atomic mass is 10.1. The first kappa shape index (κ1) is 14.1. The van der Waals surface area contributed by atoms with Crippen molar-refractivity contribution in [2.24, 2.45) is 0 Å². The molecule has 0 aliphatic rings. The molecule has 0 spiro atoms. The lowest BCUT2D eigenvalue weighted by molar-refractivity contribution is -0.384. The Hall–Kier alpha value is -3.29. The molecule has 0 bridgehead atoms. The molecule has 106 valence electrons. The van der Waals surface area contributed by atoms with Crippen molar-refractivity contribution in [1.82, 2.24) is 4.98 Å². The van der Waals surface area contributed by atoms with Gasteiger partial charge in [-0.2, -0.15) is 0 Å². The number of nitro benzene ring substituents is 1. The predicted molar refractivity (Wildman–Crippen MR) is 72.2 cm³/mol. The summed E-state index contributed by atoms with van der Waals surface area (Å²) in [6.07, 6.45) is 2.81. The number of pyridine rings is 1. The molecule has 2 N–H and O–H groups in total. The zero-order valence-corrected chi connectivity index (χ0v) is 10.5. The average Bonchev–Trinajstić information content (AvgIpc) is 2.48. The summed E-state index contributed by atoms with van der Waals surface area (Å²) in [6, 6.07) is 6.25. The molecule has 1 heterocycles. The van der Waals surface area contributed by atoms with Gasteiger partial charge in [0.2, 0.25) is 0 Å². The van der Waals surface area contributed by atoms with Crippen molar-refractivity contribution in [3.8, 4) is 0 Å². The monoisotopic (exact) mass is 287 g/mol. The zero-order valence-electron chi connectivity index (χ0n) is 10.5. The smallest absolute Gasteiger partial charge is 0.338 e. The Morgan fingerprint density at radius 2 is 2.05 bits per heavy atom. The van der Waals surface area contributed by atoms with Crippen LogP contribution in [0, 0.1) is 10.1 Å². The van der Waals surface area contributed by atoms with E-state index in [1.165, 1.54) is 24.5 Å². The Balaban J connectivity index is 2.34. The number of hydrogen-bond acceptors (Lipinski definition) is 5. The molecule has 0 radical (unpaired) electrons. The number of anilines is 1. The maximum absolute atomic E-state index is 11.9. The van der Waals surface area contributed by atoms with E-state index in [9.17, 15) is 19.7 Å². The minimum atomic E-state index is -1.37. The number of aromatic carboxylic acids is 1. The third kappa shape index (κ3) is 3.18. The number of hydrogen-bond donors (Lipinski definition) is 2. The molecule has 0 fully saturated rings. The van der Waals surface area contributed by atoms with Crippen LogP contribution in [-0.4, -0.2) is 26.9 Å². The zero-order chi connectivity index (χ0) is 15.4. The molecule has 8 heteroatoms. The van der Waals surface area contributed by atoms with Crippen molar-refractivity contribution in [3.05, 3.63) is 64.0 Å². The summed E-state index contributed by atoms with van der Waals surface area (Å²) in [6.45, 7) is 0. The van der Waals surface area contributed by atoms with Gasteiger partial charge in [0.1, 0.15) is 0 Å². The average molecular weight is 287 g/mol. The molecule has 0 saturated carbocycles. The summed E-state index contributed by atoms with van der Waals surface area (Å²) in [7, 11) is 0. The Bertz CT molecular complexity index is 715. The van der Waals surface area contributed by atoms with E-state index in [1.807, 2.05) is 0 Å². The van der Waals surface area contributed by atoms with Gasteiger partial charge in [-0.15, -0.1) is 0 Å². The molecular formula is C13H9N3O5. The first-order chi connectivity index (χ1) is 9.99. The lowest BCUT2D eigenvalue weighted by Crippen LogP contribution is -2.15. The molecule has 0 aliphatic carbocycles. The van der Waals surface area contributed by atoms with Crippen LogP contribution in [-0.2, 0) is 0 Å². The second-order valence-electron chi connectivity index (χ2n) is 3.99. The second kappa shape index (κ2) is 5.78. The third-order valence-electron chi connectivity index (χ3n) is 2.62. The van der Waals surface area contributed by atoms with Gasteiger partial charge in [0.05, 0.1) is 21.7 Å². The van der Waals surface area contributed by atoms with Crippen LogP contribution in [0.4, 0.5) is 11.4 Å². The minimum Gasteiger partial charge on any atom is -0.478 e. The number of nitrogens with zero attached hydrogens (tertiary/aromatic N) is 2. The van der Waals surface area contributed by atoms with Gasteiger partial charge in [0.25, 0.3) is 11.6 Å². The quantitative estimate of drug-likeness (QED) is 0.654. The molecule has 2 rings (SSSR count). The molecule has 1 aromatic carbocycles. The van der Waals surface area contributed by atoms with Gasteiger partial charge in [-0.1, -0.05) is 0 Å². The number of benzene rings is 1. The van der Waals surface area contributed by atoms with Crippen molar-refractivity contribution >= 4 is 23.3 Å². The Morgan fingerprint density at radius 3 is 2.62 bits per heavy atom. The number of carboxylic acids is 1. The molecule has 21 heavy (non-hydrogen) atoms. The van der Waals surface area contributed by atoms with Gasteiger partial charge in [0, 0.05) is 24.5 Å². The predicted octanol–water partition coefficient (Wildman–Crippen LogP) is 1.94. The van der Waals surface area contributed by atoms with E-state index in [2.05, 4.69) is 10.3 Å². The lowest BCUT2D eigenvalue weighted by Gasteiger charge is -2.08. The molecule has 0 saturated heterocycles. The van der Waals surface area contributed by atoms with Gasteiger partial charge in [-0.3, -0.25) is 19.9 Å². The summed E-state index contributed by atoms with van der Waals surface area (Å²) >= 11 is 0. The molecule has 1 amide bonds. The number of carbonyl (C=O) groups excluding carboxylic acids is 1. The normalized spacial score (nSPS) is 9.90. The molecule has 0 aliphatic heterocycles. The Labute approximate surface area is 118 Å². The van der Waals surface area contributed by atoms with Crippen molar-refractivity contribution in [3.63, 3.8) is 0 Å².